The fraction of sp³-hybridized carbons (Fsp3) is 0.524. The molecule has 1 aliphatic carbocycles. The third-order valence-electron chi connectivity index (χ3n) is 5.99. The minimum Gasteiger partial charge on any atom is -0.345 e. The van der Waals surface area contributed by atoms with Gasteiger partial charge in [-0.25, -0.2) is 4.79 Å². The third kappa shape index (κ3) is 4.11. The monoisotopic (exact) mass is 400 g/mol. The molecule has 0 radical (unpaired) electrons. The molecule has 3 rings (SSSR count). The van der Waals surface area contributed by atoms with Crippen molar-refractivity contribution in [3.63, 3.8) is 0 Å². The molecule has 1 spiro atoms. The largest absolute Gasteiger partial charge is 0.345 e. The molecule has 8 nitrogen and oxygen atoms in total. The number of hydrogen-bond donors (Lipinski definition) is 3. The first-order valence-electron chi connectivity index (χ1n) is 10.0. The number of para-hydroxylation sites is 1. The molecule has 156 valence electrons. The van der Waals surface area contributed by atoms with Gasteiger partial charge >= 0.3 is 6.03 Å². The second-order valence-electron chi connectivity index (χ2n) is 8.03. The fourth-order valence-corrected chi connectivity index (χ4v) is 4.21. The molecule has 2 aliphatic rings. The molecule has 1 aromatic carbocycles. The number of carbonyl (C=O) groups excluding carboxylic acids is 4. The van der Waals surface area contributed by atoms with Crippen molar-refractivity contribution in [1.29, 1.82) is 0 Å². The van der Waals surface area contributed by atoms with E-state index in [4.69, 9.17) is 0 Å². The lowest BCUT2D eigenvalue weighted by Gasteiger charge is -2.36. The van der Waals surface area contributed by atoms with Crippen molar-refractivity contribution in [2.75, 3.05) is 18.4 Å². The molecule has 8 heteroatoms. The lowest BCUT2D eigenvalue weighted by Crippen LogP contribution is -2.54. The maximum absolute atomic E-state index is 12.9. The number of carbonyl (C=O) groups is 4. The second-order valence-corrected chi connectivity index (χ2v) is 8.03. The second kappa shape index (κ2) is 8.23. The number of hydrogen-bond acceptors (Lipinski definition) is 4. The van der Waals surface area contributed by atoms with Crippen LogP contribution in [0.1, 0.15) is 43.7 Å². The highest BCUT2D eigenvalue weighted by Crippen LogP contribution is 2.38. The Labute approximate surface area is 170 Å². The van der Waals surface area contributed by atoms with Crippen molar-refractivity contribution in [2.45, 2.75) is 52.0 Å². The summed E-state index contributed by atoms with van der Waals surface area (Å²) in [5.74, 6) is -1.23. The highest BCUT2D eigenvalue weighted by atomic mass is 16.2. The molecule has 5 amide bonds. The van der Waals surface area contributed by atoms with Gasteiger partial charge in [0.1, 0.15) is 12.1 Å². The molecular formula is C21H28N4O4. The van der Waals surface area contributed by atoms with E-state index in [1.165, 1.54) is 0 Å². The van der Waals surface area contributed by atoms with Crippen molar-refractivity contribution >= 4 is 29.4 Å². The van der Waals surface area contributed by atoms with Gasteiger partial charge in [0.25, 0.3) is 5.91 Å². The molecule has 0 aromatic heterocycles. The van der Waals surface area contributed by atoms with Gasteiger partial charge in [0.15, 0.2) is 0 Å². The molecule has 1 saturated heterocycles. The summed E-state index contributed by atoms with van der Waals surface area (Å²) in [7, 11) is 0. The quantitative estimate of drug-likeness (QED) is 0.656. The third-order valence-corrected chi connectivity index (χ3v) is 5.99. The molecular weight excluding hydrogens is 372 g/mol. The summed E-state index contributed by atoms with van der Waals surface area (Å²) < 4.78 is 0. The van der Waals surface area contributed by atoms with Crippen LogP contribution in [-0.2, 0) is 14.4 Å². The molecule has 1 heterocycles. The Morgan fingerprint density at radius 2 is 1.86 bits per heavy atom. The van der Waals surface area contributed by atoms with Crippen molar-refractivity contribution in [2.24, 2.45) is 5.92 Å². The number of imide groups is 1. The first-order chi connectivity index (χ1) is 13.7. The number of aryl methyl sites for hydroxylation is 2. The Kier molecular flexibility index (Phi) is 5.91. The van der Waals surface area contributed by atoms with E-state index in [1.54, 1.807) is 0 Å². The first kappa shape index (κ1) is 20.8. The van der Waals surface area contributed by atoms with Gasteiger partial charge in [-0.05, 0) is 43.7 Å². The smallest absolute Gasteiger partial charge is 0.325 e. The Bertz CT molecular complexity index is 833. The number of amides is 5. The van der Waals surface area contributed by atoms with Crippen LogP contribution in [0.4, 0.5) is 10.5 Å². The zero-order valence-electron chi connectivity index (χ0n) is 17.1. The minimum absolute atomic E-state index is 0.0314. The summed E-state index contributed by atoms with van der Waals surface area (Å²) >= 11 is 0. The Morgan fingerprint density at radius 1 is 1.17 bits per heavy atom. The normalized spacial score (nSPS) is 23.8. The van der Waals surface area contributed by atoms with Crippen LogP contribution in [0.3, 0.4) is 0 Å². The van der Waals surface area contributed by atoms with Crippen molar-refractivity contribution < 1.29 is 19.2 Å². The summed E-state index contributed by atoms with van der Waals surface area (Å²) in [4.78, 5) is 50.6. The zero-order chi connectivity index (χ0) is 21.2. The summed E-state index contributed by atoms with van der Waals surface area (Å²) in [6, 6.07) is 5.14. The number of urea groups is 1. The van der Waals surface area contributed by atoms with Crippen molar-refractivity contribution in [1.82, 2.24) is 15.5 Å². The molecule has 1 aromatic rings. The van der Waals surface area contributed by atoms with E-state index in [0.717, 1.165) is 35.3 Å². The number of nitrogens with zero attached hydrogens (tertiary/aromatic N) is 1. The van der Waals surface area contributed by atoms with E-state index in [9.17, 15) is 19.2 Å². The van der Waals surface area contributed by atoms with Gasteiger partial charge in [-0.2, -0.15) is 0 Å². The minimum atomic E-state index is -0.894. The van der Waals surface area contributed by atoms with E-state index in [0.29, 0.717) is 12.1 Å². The van der Waals surface area contributed by atoms with Gasteiger partial charge in [0, 0.05) is 5.69 Å². The molecule has 2 fully saturated rings. The molecule has 29 heavy (non-hydrogen) atoms. The average molecular weight is 400 g/mol. The van der Waals surface area contributed by atoms with Crippen LogP contribution in [0.15, 0.2) is 18.2 Å². The van der Waals surface area contributed by atoms with E-state index in [1.807, 2.05) is 39.0 Å². The predicted molar refractivity (Wildman–Crippen MR) is 108 cm³/mol. The lowest BCUT2D eigenvalue weighted by atomic mass is 9.73. The highest BCUT2D eigenvalue weighted by Gasteiger charge is 2.55. The van der Waals surface area contributed by atoms with E-state index in [2.05, 4.69) is 16.0 Å². The maximum atomic E-state index is 12.9. The van der Waals surface area contributed by atoms with Gasteiger partial charge in [0.2, 0.25) is 11.8 Å². The Hall–Kier alpha value is -2.90. The highest BCUT2D eigenvalue weighted by molar-refractivity contribution is 6.09. The predicted octanol–water partition coefficient (Wildman–Crippen LogP) is 1.86. The van der Waals surface area contributed by atoms with Crippen molar-refractivity contribution in [3.05, 3.63) is 29.3 Å². The van der Waals surface area contributed by atoms with Crippen LogP contribution < -0.4 is 16.0 Å². The standard InChI is InChI=1S/C21H28N4O4/c1-13-7-6-8-14(2)18(13)23-16(26)11-22-17(27)12-25-19(28)21(24-20(25)29)10-5-4-9-15(21)3/h6-8,15H,4-5,9-12H2,1-3H3,(H,22,27)(H,23,26)(H,24,29). The first-order valence-corrected chi connectivity index (χ1v) is 10.0. The molecule has 2 atom stereocenters. The van der Waals surface area contributed by atoms with Gasteiger partial charge < -0.3 is 16.0 Å². The van der Waals surface area contributed by atoms with E-state index >= 15 is 0 Å². The van der Waals surface area contributed by atoms with E-state index < -0.39 is 24.0 Å². The maximum Gasteiger partial charge on any atom is 0.325 e. The molecule has 3 N–H and O–H groups in total. The topological polar surface area (TPSA) is 108 Å². The molecule has 1 saturated carbocycles. The summed E-state index contributed by atoms with van der Waals surface area (Å²) in [5.41, 5.74) is 1.68. The Balaban J connectivity index is 1.55. The average Bonchev–Trinajstić information content (AvgIpc) is 2.90. The number of rotatable bonds is 5. The van der Waals surface area contributed by atoms with Crippen LogP contribution in [0, 0.1) is 19.8 Å². The molecule has 2 unspecified atom stereocenters. The summed E-state index contributed by atoms with van der Waals surface area (Å²) in [6.45, 7) is 5.11. The zero-order valence-corrected chi connectivity index (χ0v) is 17.1. The number of anilines is 1. The van der Waals surface area contributed by atoms with Gasteiger partial charge in [0.05, 0.1) is 6.54 Å². The fourth-order valence-electron chi connectivity index (χ4n) is 4.21. The van der Waals surface area contributed by atoms with Crippen LogP contribution in [0.2, 0.25) is 0 Å². The van der Waals surface area contributed by atoms with Crippen LogP contribution in [-0.4, -0.2) is 47.3 Å². The van der Waals surface area contributed by atoms with Crippen LogP contribution in [0.25, 0.3) is 0 Å². The van der Waals surface area contributed by atoms with Crippen LogP contribution >= 0.6 is 0 Å². The lowest BCUT2D eigenvalue weighted by molar-refractivity contribution is -0.137. The van der Waals surface area contributed by atoms with Crippen molar-refractivity contribution in [3.8, 4) is 0 Å². The number of nitrogens with one attached hydrogen (secondary N) is 3. The van der Waals surface area contributed by atoms with E-state index in [-0.39, 0.29) is 24.3 Å². The van der Waals surface area contributed by atoms with Crippen LogP contribution in [0.5, 0.6) is 0 Å². The summed E-state index contributed by atoms with van der Waals surface area (Å²) in [6.07, 6.45) is 3.36. The van der Waals surface area contributed by atoms with Gasteiger partial charge in [-0.15, -0.1) is 0 Å². The number of benzene rings is 1. The SMILES string of the molecule is Cc1cccc(C)c1NC(=O)CNC(=O)CN1C(=O)NC2(CCCCC2C)C1=O. The van der Waals surface area contributed by atoms with Gasteiger partial charge in [-0.3, -0.25) is 19.3 Å². The Morgan fingerprint density at radius 3 is 2.52 bits per heavy atom. The molecule has 1 aliphatic heterocycles. The molecule has 0 bridgehead atoms. The summed E-state index contributed by atoms with van der Waals surface area (Å²) in [5, 5.41) is 8.08. The van der Waals surface area contributed by atoms with Gasteiger partial charge in [-0.1, -0.05) is 38.0 Å².